The number of carbonyl (C=O) groups excluding carboxylic acids is 2. The van der Waals surface area contributed by atoms with Gasteiger partial charge in [0.2, 0.25) is 5.91 Å². The first-order valence-electron chi connectivity index (χ1n) is 12.0. The van der Waals surface area contributed by atoms with E-state index in [4.69, 9.17) is 9.84 Å². The molecule has 2 aromatic rings. The number of nitrogens with one attached hydrogen (secondary N) is 1. The van der Waals surface area contributed by atoms with Crippen LogP contribution in [0, 0.1) is 11.8 Å². The van der Waals surface area contributed by atoms with Crippen LogP contribution in [0.3, 0.4) is 0 Å². The minimum Gasteiger partial charge on any atom is -0.481 e. The Balaban J connectivity index is 1.38. The van der Waals surface area contributed by atoms with Crippen molar-refractivity contribution < 1.29 is 24.2 Å². The van der Waals surface area contributed by atoms with Gasteiger partial charge in [0.1, 0.15) is 12.6 Å². The fourth-order valence-electron chi connectivity index (χ4n) is 5.25. The van der Waals surface area contributed by atoms with Crippen molar-refractivity contribution in [3.63, 3.8) is 0 Å². The number of benzene rings is 2. The molecule has 1 saturated heterocycles. The Morgan fingerprint density at radius 1 is 1.06 bits per heavy atom. The Kier molecular flexibility index (Phi) is 7.20. The number of carbonyl (C=O) groups is 3. The molecule has 4 rings (SSSR count). The highest BCUT2D eigenvalue weighted by Gasteiger charge is 2.37. The quantitative estimate of drug-likeness (QED) is 0.609. The van der Waals surface area contributed by atoms with Crippen LogP contribution in [0.2, 0.25) is 0 Å². The molecule has 0 spiro atoms. The Bertz CT molecular complexity index is 1020. The zero-order valence-electron chi connectivity index (χ0n) is 19.7. The van der Waals surface area contributed by atoms with Crippen molar-refractivity contribution in [3.05, 3.63) is 59.7 Å². The average molecular weight is 465 g/mol. The molecule has 0 radical (unpaired) electrons. The van der Waals surface area contributed by atoms with Crippen LogP contribution in [-0.4, -0.2) is 53.7 Å². The summed E-state index contributed by atoms with van der Waals surface area (Å²) < 4.78 is 5.63. The molecule has 1 aliphatic heterocycles. The van der Waals surface area contributed by atoms with E-state index in [1.54, 1.807) is 4.90 Å². The van der Waals surface area contributed by atoms with Crippen molar-refractivity contribution in [3.8, 4) is 11.1 Å². The van der Waals surface area contributed by atoms with Gasteiger partial charge in [-0.15, -0.1) is 0 Å². The fourth-order valence-corrected chi connectivity index (χ4v) is 5.25. The minimum absolute atomic E-state index is 0.0448. The third-order valence-electron chi connectivity index (χ3n) is 7.03. The molecule has 1 fully saturated rings. The maximum Gasteiger partial charge on any atom is 0.407 e. The topological polar surface area (TPSA) is 95.9 Å². The molecule has 2 N–H and O–H groups in total. The molecule has 7 nitrogen and oxygen atoms in total. The Morgan fingerprint density at radius 3 is 2.26 bits per heavy atom. The van der Waals surface area contributed by atoms with Crippen molar-refractivity contribution in [1.82, 2.24) is 10.2 Å². The van der Waals surface area contributed by atoms with Crippen LogP contribution in [-0.2, 0) is 14.3 Å². The smallest absolute Gasteiger partial charge is 0.407 e. The molecule has 2 aromatic carbocycles. The first-order chi connectivity index (χ1) is 16.4. The monoisotopic (exact) mass is 464 g/mol. The van der Waals surface area contributed by atoms with Gasteiger partial charge in [-0.2, -0.15) is 0 Å². The second kappa shape index (κ2) is 10.3. The molecule has 1 aliphatic carbocycles. The van der Waals surface area contributed by atoms with E-state index >= 15 is 0 Å². The number of amides is 2. The molecule has 0 saturated carbocycles. The molecule has 3 atom stereocenters. The van der Waals surface area contributed by atoms with E-state index in [0.717, 1.165) is 28.7 Å². The zero-order chi connectivity index (χ0) is 24.2. The van der Waals surface area contributed by atoms with Gasteiger partial charge in [0.15, 0.2) is 0 Å². The lowest BCUT2D eigenvalue weighted by Crippen LogP contribution is -2.48. The number of ether oxygens (including phenoxy) is 1. The van der Waals surface area contributed by atoms with Gasteiger partial charge in [0.25, 0.3) is 0 Å². The van der Waals surface area contributed by atoms with Crippen LogP contribution in [0.1, 0.15) is 50.2 Å². The van der Waals surface area contributed by atoms with Crippen LogP contribution in [0.15, 0.2) is 48.5 Å². The molecule has 34 heavy (non-hydrogen) atoms. The van der Waals surface area contributed by atoms with Gasteiger partial charge >= 0.3 is 12.1 Å². The predicted octanol–water partition coefficient (Wildman–Crippen LogP) is 4.26. The summed E-state index contributed by atoms with van der Waals surface area (Å²) in [7, 11) is 0. The number of likely N-dealkylation sites (tertiary alicyclic amines) is 1. The van der Waals surface area contributed by atoms with E-state index in [1.165, 1.54) is 0 Å². The largest absolute Gasteiger partial charge is 0.481 e. The molecular weight excluding hydrogens is 432 g/mol. The number of hydrogen-bond donors (Lipinski definition) is 2. The number of rotatable bonds is 8. The third kappa shape index (κ3) is 4.93. The van der Waals surface area contributed by atoms with Gasteiger partial charge in [-0.05, 0) is 40.5 Å². The standard InChI is InChI=1S/C27H32N2O5/c1-3-8-24(26(32)29-14-17(2)18(15-29)13-25(30)31)28-27(33)34-16-23-21-11-6-4-9-19(21)20-10-5-7-12-22(20)23/h4-7,9-12,17-18,23-24H,3,8,13-16H2,1-2H3,(H,28,33)(H,30,31)/t17-,18-,24-/m1/s1. The Labute approximate surface area is 200 Å². The lowest BCUT2D eigenvalue weighted by molar-refractivity contribution is -0.138. The van der Waals surface area contributed by atoms with Crippen molar-refractivity contribution >= 4 is 18.0 Å². The van der Waals surface area contributed by atoms with Crippen LogP contribution in [0.4, 0.5) is 4.79 Å². The number of fused-ring (bicyclic) bond motifs is 3. The van der Waals surface area contributed by atoms with Gasteiger partial charge in [-0.3, -0.25) is 9.59 Å². The second-order valence-corrected chi connectivity index (χ2v) is 9.39. The normalized spacial score (nSPS) is 19.9. The van der Waals surface area contributed by atoms with E-state index in [1.807, 2.05) is 38.1 Å². The molecule has 0 bridgehead atoms. The molecule has 0 unspecified atom stereocenters. The minimum atomic E-state index is -0.854. The molecule has 1 heterocycles. The number of alkyl carbamates (subject to hydrolysis) is 1. The molecule has 0 aromatic heterocycles. The summed E-state index contributed by atoms with van der Waals surface area (Å²) in [5.41, 5.74) is 4.58. The second-order valence-electron chi connectivity index (χ2n) is 9.39. The maximum absolute atomic E-state index is 13.1. The SMILES string of the molecule is CCC[C@@H](NC(=O)OCC1c2ccccc2-c2ccccc21)C(=O)N1C[C@@H](CC(=O)O)[C@H](C)C1. The van der Waals surface area contributed by atoms with E-state index in [2.05, 4.69) is 29.6 Å². The van der Waals surface area contributed by atoms with E-state index in [-0.39, 0.29) is 36.7 Å². The summed E-state index contributed by atoms with van der Waals surface area (Å²) in [5.74, 6) is -1.03. The van der Waals surface area contributed by atoms with Gasteiger partial charge < -0.3 is 20.1 Å². The molecule has 7 heteroatoms. The highest BCUT2D eigenvalue weighted by Crippen LogP contribution is 2.44. The van der Waals surface area contributed by atoms with Gasteiger partial charge in [-0.25, -0.2) is 4.79 Å². The highest BCUT2D eigenvalue weighted by molar-refractivity contribution is 5.86. The number of aliphatic carboxylic acids is 1. The van der Waals surface area contributed by atoms with Crippen LogP contribution in [0.25, 0.3) is 11.1 Å². The summed E-state index contributed by atoms with van der Waals surface area (Å²) in [6.45, 7) is 5.02. The van der Waals surface area contributed by atoms with Crippen molar-refractivity contribution in [2.45, 2.75) is 45.1 Å². The van der Waals surface area contributed by atoms with Crippen LogP contribution >= 0.6 is 0 Å². The van der Waals surface area contributed by atoms with Crippen LogP contribution in [0.5, 0.6) is 0 Å². The van der Waals surface area contributed by atoms with Gasteiger partial charge in [0.05, 0.1) is 6.42 Å². The Morgan fingerprint density at radius 2 is 1.68 bits per heavy atom. The summed E-state index contributed by atoms with van der Waals surface area (Å²) in [4.78, 5) is 38.7. The molecule has 180 valence electrons. The van der Waals surface area contributed by atoms with E-state index in [0.29, 0.717) is 19.5 Å². The van der Waals surface area contributed by atoms with Crippen LogP contribution < -0.4 is 5.32 Å². The first-order valence-corrected chi connectivity index (χ1v) is 12.0. The summed E-state index contributed by atoms with van der Waals surface area (Å²) in [6, 6.07) is 15.6. The summed E-state index contributed by atoms with van der Waals surface area (Å²) in [6.07, 6.45) is 0.658. The van der Waals surface area contributed by atoms with Crippen molar-refractivity contribution in [1.29, 1.82) is 0 Å². The highest BCUT2D eigenvalue weighted by atomic mass is 16.5. The zero-order valence-corrected chi connectivity index (χ0v) is 19.7. The fraction of sp³-hybridized carbons (Fsp3) is 0.444. The van der Waals surface area contributed by atoms with Gasteiger partial charge in [-0.1, -0.05) is 68.8 Å². The molecule has 2 amide bonds. The summed E-state index contributed by atoms with van der Waals surface area (Å²) >= 11 is 0. The predicted molar refractivity (Wildman–Crippen MR) is 128 cm³/mol. The lowest BCUT2D eigenvalue weighted by atomic mass is 9.95. The maximum atomic E-state index is 13.1. The number of nitrogens with zero attached hydrogens (tertiary/aromatic N) is 1. The third-order valence-corrected chi connectivity index (χ3v) is 7.03. The number of hydrogen-bond acceptors (Lipinski definition) is 4. The average Bonchev–Trinajstić information content (AvgIpc) is 3.34. The van der Waals surface area contributed by atoms with Crippen molar-refractivity contribution in [2.75, 3.05) is 19.7 Å². The molecule has 2 aliphatic rings. The van der Waals surface area contributed by atoms with Gasteiger partial charge in [0, 0.05) is 19.0 Å². The van der Waals surface area contributed by atoms with E-state index in [9.17, 15) is 14.4 Å². The van der Waals surface area contributed by atoms with Crippen molar-refractivity contribution in [2.24, 2.45) is 11.8 Å². The lowest BCUT2D eigenvalue weighted by Gasteiger charge is -2.24. The van der Waals surface area contributed by atoms with E-state index < -0.39 is 18.1 Å². The first kappa shape index (κ1) is 23.8. The summed E-state index contributed by atoms with van der Waals surface area (Å²) in [5, 5.41) is 11.9. The Hall–Kier alpha value is -3.35. The number of carboxylic acids is 1. The molecular formula is C27H32N2O5. The number of carboxylic acid groups (broad SMARTS) is 1.